The standard InChI is InChI=1S/C43H50ClFN4O7/c1-26(22-46)18-29(23-47-4)25-55-39-21-40(36(44)19-30(39)24-48-41(28(3)50)43(52)53)56-42-34-10-5-9-33(35(34)20-37(42)45)32-8-6-11-38(27(32)2)54-17-7-14-49-15-12-31(51)13-16-49/h5-6,8-11,18-19,21,23,28,31,37,41-42,48,50-51H,4,7,12-17,20,24-25H2,1-3H3,(H,52,53)/b26-18+,29-23+/t28-,37+,41+,42-/m1/s1. The molecule has 1 saturated heterocycles. The quantitative estimate of drug-likeness (QED) is 0.0462. The van der Waals surface area contributed by atoms with E-state index >= 15 is 4.39 Å². The average molecular weight is 789 g/mol. The van der Waals surface area contributed by atoms with Gasteiger partial charge in [0.05, 0.1) is 29.9 Å². The van der Waals surface area contributed by atoms with E-state index in [1.807, 2.05) is 43.3 Å². The van der Waals surface area contributed by atoms with Crippen molar-refractivity contribution in [2.24, 2.45) is 4.99 Å². The van der Waals surface area contributed by atoms with Gasteiger partial charge in [0.15, 0.2) is 6.10 Å². The van der Waals surface area contributed by atoms with Crippen molar-refractivity contribution in [2.45, 2.75) is 83.5 Å². The van der Waals surface area contributed by atoms with Crippen LogP contribution in [-0.4, -0.2) is 90.2 Å². The van der Waals surface area contributed by atoms with Crippen LogP contribution in [0.5, 0.6) is 17.2 Å². The molecule has 3 aromatic rings. The number of carboxylic acids is 1. The van der Waals surface area contributed by atoms with Crippen LogP contribution in [-0.2, 0) is 17.8 Å². The van der Waals surface area contributed by atoms with E-state index in [0.717, 1.165) is 66.9 Å². The zero-order chi connectivity index (χ0) is 40.4. The number of rotatable bonds is 18. The molecule has 1 heterocycles. The second-order valence-electron chi connectivity index (χ2n) is 14.3. The summed E-state index contributed by atoms with van der Waals surface area (Å²) < 4.78 is 34.9. The Hall–Kier alpha value is -4.77. The Bertz CT molecular complexity index is 1970. The number of nitriles is 1. The Morgan fingerprint density at radius 1 is 1.16 bits per heavy atom. The van der Waals surface area contributed by atoms with Crippen LogP contribution in [0.2, 0.25) is 5.02 Å². The number of aliphatic carboxylic acids is 1. The van der Waals surface area contributed by atoms with Crippen molar-refractivity contribution in [3.63, 3.8) is 0 Å². The molecule has 1 aliphatic heterocycles. The number of piperidine rings is 1. The van der Waals surface area contributed by atoms with Gasteiger partial charge in [-0.05, 0) is 92.8 Å². The van der Waals surface area contributed by atoms with Crippen molar-refractivity contribution in [1.29, 1.82) is 5.26 Å². The fraction of sp³-hybridized carbons (Fsp3) is 0.419. The van der Waals surface area contributed by atoms with Gasteiger partial charge in [-0.15, -0.1) is 0 Å². The largest absolute Gasteiger partial charge is 0.493 e. The van der Waals surface area contributed by atoms with Crippen LogP contribution in [0, 0.1) is 18.3 Å². The van der Waals surface area contributed by atoms with E-state index in [2.05, 4.69) is 28.0 Å². The molecule has 0 bridgehead atoms. The first-order valence-electron chi connectivity index (χ1n) is 18.8. The lowest BCUT2D eigenvalue weighted by Crippen LogP contribution is -2.44. The average Bonchev–Trinajstić information content (AvgIpc) is 3.49. The molecule has 1 fully saturated rings. The Kier molecular flexibility index (Phi) is 15.1. The van der Waals surface area contributed by atoms with Crippen molar-refractivity contribution in [2.75, 3.05) is 32.8 Å². The van der Waals surface area contributed by atoms with Crippen LogP contribution in [0.3, 0.4) is 0 Å². The summed E-state index contributed by atoms with van der Waals surface area (Å²) in [4.78, 5) is 17.9. The van der Waals surface area contributed by atoms with Crippen molar-refractivity contribution < 1.29 is 38.7 Å². The van der Waals surface area contributed by atoms with Gasteiger partial charge in [0.2, 0.25) is 0 Å². The summed E-state index contributed by atoms with van der Waals surface area (Å²) in [5.74, 6) is -0.0465. The number of hydrogen-bond donors (Lipinski definition) is 4. The molecule has 0 amide bonds. The summed E-state index contributed by atoms with van der Waals surface area (Å²) in [6, 6.07) is 15.5. The number of nitrogens with zero attached hydrogens (tertiary/aromatic N) is 3. The minimum Gasteiger partial charge on any atom is -0.493 e. The first-order chi connectivity index (χ1) is 26.9. The van der Waals surface area contributed by atoms with Crippen LogP contribution in [0.1, 0.15) is 61.5 Å². The highest BCUT2D eigenvalue weighted by molar-refractivity contribution is 6.32. The number of allylic oxidation sites excluding steroid dienone is 1. The Labute approximate surface area is 332 Å². The summed E-state index contributed by atoms with van der Waals surface area (Å²) in [7, 11) is 0. The van der Waals surface area contributed by atoms with Gasteiger partial charge in [-0.3, -0.25) is 15.1 Å². The first-order valence-corrected chi connectivity index (χ1v) is 19.2. The van der Waals surface area contributed by atoms with Gasteiger partial charge in [-0.1, -0.05) is 41.9 Å². The van der Waals surface area contributed by atoms with Gasteiger partial charge >= 0.3 is 5.97 Å². The third-order valence-corrected chi connectivity index (χ3v) is 10.4. The number of aliphatic imine (C=N–C) groups is 1. The molecular weight excluding hydrogens is 739 g/mol. The Morgan fingerprint density at radius 3 is 2.59 bits per heavy atom. The lowest BCUT2D eigenvalue weighted by molar-refractivity contribution is -0.142. The fourth-order valence-electron chi connectivity index (χ4n) is 7.13. The fourth-order valence-corrected chi connectivity index (χ4v) is 7.36. The molecule has 4 N–H and O–H groups in total. The van der Waals surface area contributed by atoms with Crippen molar-refractivity contribution in [3.8, 4) is 34.4 Å². The number of halogens is 2. The second kappa shape index (κ2) is 19.9. The highest BCUT2D eigenvalue weighted by Gasteiger charge is 2.37. The number of ether oxygens (including phenoxy) is 3. The summed E-state index contributed by atoms with van der Waals surface area (Å²) in [5.41, 5.74) is 5.72. The normalized spacial score (nSPS) is 18.8. The van der Waals surface area contributed by atoms with E-state index in [1.54, 1.807) is 19.1 Å². The summed E-state index contributed by atoms with van der Waals surface area (Å²) in [5, 5.41) is 41.7. The topological polar surface area (TPSA) is 157 Å². The molecule has 56 heavy (non-hydrogen) atoms. The van der Waals surface area contributed by atoms with Crippen LogP contribution >= 0.6 is 11.6 Å². The summed E-state index contributed by atoms with van der Waals surface area (Å²) in [6.07, 6.45) is 1.88. The molecule has 3 aromatic carbocycles. The van der Waals surface area contributed by atoms with Gasteiger partial charge in [-0.25, -0.2) is 4.39 Å². The number of carboxylic acid groups (broad SMARTS) is 1. The molecule has 0 radical (unpaired) electrons. The third-order valence-electron chi connectivity index (χ3n) is 10.1. The molecule has 2 aliphatic rings. The number of likely N-dealkylation sites (tertiary alicyclic amines) is 1. The molecule has 0 unspecified atom stereocenters. The lowest BCUT2D eigenvalue weighted by atomic mass is 9.93. The van der Waals surface area contributed by atoms with E-state index in [9.17, 15) is 25.4 Å². The first kappa shape index (κ1) is 42.4. The van der Waals surface area contributed by atoms with Gasteiger partial charge < -0.3 is 34.4 Å². The van der Waals surface area contributed by atoms with Crippen molar-refractivity contribution in [1.82, 2.24) is 10.2 Å². The van der Waals surface area contributed by atoms with Gasteiger partial charge in [0.25, 0.3) is 0 Å². The van der Waals surface area contributed by atoms with Crippen molar-refractivity contribution in [3.05, 3.63) is 99.2 Å². The molecule has 4 atom stereocenters. The highest BCUT2D eigenvalue weighted by atomic mass is 35.5. The van der Waals surface area contributed by atoms with Crippen LogP contribution in [0.25, 0.3) is 11.1 Å². The van der Waals surface area contributed by atoms with Gasteiger partial charge in [0.1, 0.15) is 36.1 Å². The SMILES string of the molecule is C=N/C=C(\C=C(/C)C#N)COc1cc(O[C@@H]2c3cccc(-c4cccc(OCCCN5CCC(O)CC5)c4C)c3C[C@@H]2F)c(Cl)cc1CN[C@H](C(=O)O)[C@@H](C)O. The number of hydrogen-bond acceptors (Lipinski definition) is 10. The van der Waals surface area contributed by atoms with Crippen LogP contribution < -0.4 is 19.5 Å². The number of alkyl halides is 1. The molecule has 0 saturated carbocycles. The molecule has 0 spiro atoms. The summed E-state index contributed by atoms with van der Waals surface area (Å²) in [6.45, 7) is 11.7. The van der Waals surface area contributed by atoms with Gasteiger partial charge in [-0.2, -0.15) is 5.26 Å². The second-order valence-corrected chi connectivity index (χ2v) is 14.7. The maximum atomic E-state index is 16.1. The molecule has 13 heteroatoms. The van der Waals surface area contributed by atoms with E-state index in [0.29, 0.717) is 28.9 Å². The predicted octanol–water partition coefficient (Wildman–Crippen LogP) is 6.91. The van der Waals surface area contributed by atoms with Crippen LogP contribution in [0.4, 0.5) is 4.39 Å². The molecule has 5 rings (SSSR count). The third kappa shape index (κ3) is 10.7. The van der Waals surface area contributed by atoms with E-state index < -0.39 is 30.4 Å². The molecular formula is C43H50ClFN4O7. The number of carbonyl (C=O) groups is 1. The minimum absolute atomic E-state index is 0.0438. The van der Waals surface area contributed by atoms with Gasteiger partial charge in [0, 0.05) is 61.6 Å². The Morgan fingerprint density at radius 2 is 1.89 bits per heavy atom. The zero-order valence-corrected chi connectivity index (χ0v) is 32.8. The molecule has 1 aliphatic carbocycles. The molecule has 298 valence electrons. The maximum absolute atomic E-state index is 16.1. The number of aliphatic hydroxyl groups excluding tert-OH is 2. The lowest BCUT2D eigenvalue weighted by Gasteiger charge is -2.29. The van der Waals surface area contributed by atoms with Crippen molar-refractivity contribution >= 4 is 24.3 Å². The van der Waals surface area contributed by atoms with Crippen LogP contribution in [0.15, 0.2) is 76.9 Å². The summed E-state index contributed by atoms with van der Waals surface area (Å²) >= 11 is 6.76. The Balaban J connectivity index is 1.38. The zero-order valence-electron chi connectivity index (χ0n) is 32.0. The van der Waals surface area contributed by atoms with E-state index in [1.165, 1.54) is 19.2 Å². The number of nitrogens with one attached hydrogen (secondary N) is 1. The predicted molar refractivity (Wildman–Crippen MR) is 214 cm³/mol. The monoisotopic (exact) mass is 788 g/mol. The van der Waals surface area contributed by atoms with E-state index in [4.69, 9.17) is 25.8 Å². The number of aliphatic hydroxyl groups is 2. The maximum Gasteiger partial charge on any atom is 0.323 e. The number of benzene rings is 3. The molecule has 0 aromatic heterocycles. The molecule has 11 nitrogen and oxygen atoms in total. The van der Waals surface area contributed by atoms with E-state index in [-0.39, 0.29) is 42.2 Å². The minimum atomic E-state index is -1.39. The highest BCUT2D eigenvalue weighted by Crippen LogP contribution is 2.45. The smallest absolute Gasteiger partial charge is 0.323 e. The number of fused-ring (bicyclic) bond motifs is 1.